The third-order valence-electron chi connectivity index (χ3n) is 7.17. The molecule has 1 unspecified atom stereocenters. The molecule has 4 aromatic rings. The topological polar surface area (TPSA) is 196 Å². The summed E-state index contributed by atoms with van der Waals surface area (Å²) in [4.78, 5) is 40.5. The van der Waals surface area contributed by atoms with Crippen molar-refractivity contribution in [3.8, 4) is 11.1 Å². The molecule has 13 nitrogen and oxygen atoms in total. The number of ether oxygens (including phenoxy) is 2. The Bertz CT molecular complexity index is 1620. The summed E-state index contributed by atoms with van der Waals surface area (Å²) in [7, 11) is 0. The molecule has 40 heavy (non-hydrogen) atoms. The molecule has 15 heteroatoms. The minimum Gasteiger partial charge on any atom is -0.479 e. The number of aromatic nitrogens is 5. The number of aliphatic hydroxyl groups is 1. The Balaban J connectivity index is 1.24. The zero-order valence-electron chi connectivity index (χ0n) is 20.3. The molecule has 2 aliphatic rings. The van der Waals surface area contributed by atoms with Gasteiger partial charge in [-0.1, -0.05) is 30.3 Å². The van der Waals surface area contributed by atoms with Gasteiger partial charge in [-0.15, -0.1) is 0 Å². The lowest BCUT2D eigenvalue weighted by atomic mass is 9.93. The fraction of sp³-hybridized carbons (Fsp3) is 0.280. The summed E-state index contributed by atoms with van der Waals surface area (Å²) in [6, 6.07) is 10.1. The zero-order valence-corrected chi connectivity index (χ0v) is 21.0. The van der Waals surface area contributed by atoms with E-state index in [2.05, 4.69) is 19.9 Å². The lowest BCUT2D eigenvalue weighted by Crippen LogP contribution is -2.53. The highest BCUT2D eigenvalue weighted by molar-refractivity contribution is 6.28. The lowest BCUT2D eigenvalue weighted by molar-refractivity contribution is -0.194. The number of hydrogen-bond acceptors (Lipinski definition) is 10. The molecule has 4 heterocycles. The van der Waals surface area contributed by atoms with Crippen LogP contribution in [0.15, 0.2) is 55.1 Å². The Morgan fingerprint density at radius 3 is 2.50 bits per heavy atom. The number of pyridine rings is 1. The van der Waals surface area contributed by atoms with Crippen LogP contribution in [0, 0.1) is 0 Å². The number of benzene rings is 1. The van der Waals surface area contributed by atoms with Crippen LogP contribution in [0.2, 0.25) is 5.28 Å². The number of halogens is 2. The molecule has 0 amide bonds. The van der Waals surface area contributed by atoms with Crippen molar-refractivity contribution >= 4 is 40.5 Å². The Labute approximate surface area is 229 Å². The van der Waals surface area contributed by atoms with Crippen molar-refractivity contribution in [2.75, 3.05) is 5.73 Å². The molecule has 1 aliphatic carbocycles. The van der Waals surface area contributed by atoms with Crippen molar-refractivity contribution in [1.29, 1.82) is 0 Å². The Morgan fingerprint density at radius 1 is 1.18 bits per heavy atom. The van der Waals surface area contributed by atoms with E-state index in [0.29, 0.717) is 5.56 Å². The number of carboxylic acids is 2. The van der Waals surface area contributed by atoms with Crippen molar-refractivity contribution in [2.45, 2.75) is 42.2 Å². The number of rotatable bonds is 8. The quantitative estimate of drug-likeness (QED) is 0.177. The van der Waals surface area contributed by atoms with E-state index in [1.165, 1.54) is 6.33 Å². The highest BCUT2D eigenvalue weighted by Crippen LogP contribution is 2.58. The maximum absolute atomic E-state index is 15.6. The van der Waals surface area contributed by atoms with E-state index in [1.807, 2.05) is 6.07 Å². The molecule has 0 bridgehead atoms. The molecule has 1 saturated carbocycles. The van der Waals surface area contributed by atoms with Crippen LogP contribution in [0.4, 0.5) is 10.2 Å². The van der Waals surface area contributed by atoms with Gasteiger partial charge in [-0.05, 0) is 34.4 Å². The molecule has 1 saturated heterocycles. The number of alkyl halides is 1. The van der Waals surface area contributed by atoms with Gasteiger partial charge < -0.3 is 30.5 Å². The SMILES string of the molecule is Nc1nc(Cl)nc2c1ncn2[C@@H]1O[C@@H]2C(OC(Cc3ccc(-c4cccnc4)cc3)(C(=O)O)C(=O)O)[C@]2(O)[C@@H]1F. The molecule has 5 N–H and O–H groups in total. The summed E-state index contributed by atoms with van der Waals surface area (Å²) in [6.07, 6.45) is -2.73. The molecule has 5 atom stereocenters. The maximum Gasteiger partial charge on any atom is 0.348 e. The molecule has 0 spiro atoms. The predicted molar refractivity (Wildman–Crippen MR) is 135 cm³/mol. The molecule has 2 fully saturated rings. The van der Waals surface area contributed by atoms with E-state index in [0.717, 1.165) is 15.7 Å². The van der Waals surface area contributed by atoms with E-state index in [1.54, 1.807) is 42.7 Å². The van der Waals surface area contributed by atoms with Gasteiger partial charge in [0.15, 0.2) is 29.5 Å². The van der Waals surface area contributed by atoms with Crippen molar-refractivity contribution in [3.63, 3.8) is 0 Å². The van der Waals surface area contributed by atoms with Crippen LogP contribution in [0.5, 0.6) is 0 Å². The van der Waals surface area contributed by atoms with Crippen LogP contribution < -0.4 is 5.73 Å². The standard InChI is InChI=1S/C25H20ClFN6O7/c26-23-31-18(28)14-19(32-23)33(10-30-14)20-15(27)25(38)16(39-20)17(25)40-24(21(34)35,22(36)37)8-11-3-5-12(6-4-11)13-2-1-7-29-9-13/h1-7,9-10,15-17,20,38H,8H2,(H,34,35)(H,36,37)(H2,28,31,32)/t15-,16-,17?,20-,25+/m1/s1. The molecule has 0 radical (unpaired) electrons. The van der Waals surface area contributed by atoms with Gasteiger partial charge >= 0.3 is 11.9 Å². The summed E-state index contributed by atoms with van der Waals surface area (Å²) in [5, 5.41) is 30.8. The van der Waals surface area contributed by atoms with Crippen LogP contribution in [0.25, 0.3) is 22.3 Å². The van der Waals surface area contributed by atoms with Gasteiger partial charge in [0.1, 0.15) is 17.7 Å². The fourth-order valence-electron chi connectivity index (χ4n) is 4.97. The minimum atomic E-state index is -2.84. The van der Waals surface area contributed by atoms with Crippen LogP contribution >= 0.6 is 11.6 Å². The first-order valence-electron chi connectivity index (χ1n) is 11.9. The Morgan fingerprint density at radius 2 is 1.90 bits per heavy atom. The monoisotopic (exact) mass is 570 g/mol. The van der Waals surface area contributed by atoms with Crippen molar-refractivity contribution in [1.82, 2.24) is 24.5 Å². The highest BCUT2D eigenvalue weighted by Gasteiger charge is 2.80. The number of aliphatic carboxylic acids is 2. The number of anilines is 1. The molecule has 3 aromatic heterocycles. The summed E-state index contributed by atoms with van der Waals surface area (Å²) in [6.45, 7) is 0. The summed E-state index contributed by atoms with van der Waals surface area (Å²) < 4.78 is 28.0. The maximum atomic E-state index is 15.6. The fourth-order valence-corrected chi connectivity index (χ4v) is 5.14. The van der Waals surface area contributed by atoms with Gasteiger partial charge in [-0.2, -0.15) is 9.97 Å². The number of hydrogen-bond donors (Lipinski definition) is 4. The van der Waals surface area contributed by atoms with Crippen LogP contribution in [-0.4, -0.2) is 81.3 Å². The second-order valence-electron chi connectivity index (χ2n) is 9.53. The van der Waals surface area contributed by atoms with Crippen molar-refractivity contribution in [2.24, 2.45) is 0 Å². The minimum absolute atomic E-state index is 0.0478. The van der Waals surface area contributed by atoms with Gasteiger partial charge in [-0.25, -0.2) is 19.0 Å². The van der Waals surface area contributed by atoms with E-state index in [9.17, 15) is 24.9 Å². The molecule has 1 aromatic carbocycles. The first kappa shape index (κ1) is 26.0. The predicted octanol–water partition coefficient (Wildman–Crippen LogP) is 1.64. The number of carboxylic acid groups (broad SMARTS) is 2. The molecule has 206 valence electrons. The number of nitrogens with zero attached hydrogens (tertiary/aromatic N) is 5. The first-order chi connectivity index (χ1) is 19.1. The average molecular weight is 571 g/mol. The van der Waals surface area contributed by atoms with Gasteiger partial charge in [0.2, 0.25) is 5.28 Å². The van der Waals surface area contributed by atoms with E-state index in [4.69, 9.17) is 26.8 Å². The highest BCUT2D eigenvalue weighted by atomic mass is 35.5. The van der Waals surface area contributed by atoms with E-state index < -0.39 is 54.2 Å². The number of nitrogen functional groups attached to an aromatic ring is 1. The average Bonchev–Trinajstić information content (AvgIpc) is 3.17. The largest absolute Gasteiger partial charge is 0.479 e. The molecule has 1 aliphatic heterocycles. The Hall–Kier alpha value is -4.24. The van der Waals surface area contributed by atoms with Gasteiger partial charge in [0, 0.05) is 18.8 Å². The van der Waals surface area contributed by atoms with Gasteiger partial charge in [0.25, 0.3) is 5.60 Å². The van der Waals surface area contributed by atoms with Crippen LogP contribution in [0.3, 0.4) is 0 Å². The summed E-state index contributed by atoms with van der Waals surface area (Å²) in [5.41, 5.74) is 2.71. The first-order valence-corrected chi connectivity index (χ1v) is 12.3. The second-order valence-corrected chi connectivity index (χ2v) is 9.87. The molecule has 6 rings (SSSR count). The number of nitrogens with two attached hydrogens (primary N) is 1. The van der Waals surface area contributed by atoms with Crippen molar-refractivity contribution in [3.05, 3.63) is 66.0 Å². The van der Waals surface area contributed by atoms with Crippen LogP contribution in [-0.2, 0) is 25.5 Å². The number of fused-ring (bicyclic) bond motifs is 2. The second kappa shape index (κ2) is 9.16. The van der Waals surface area contributed by atoms with E-state index in [-0.39, 0.29) is 22.3 Å². The summed E-state index contributed by atoms with van der Waals surface area (Å²) in [5.74, 6) is -3.69. The normalized spacial score (nSPS) is 25.6. The molecular formula is C25H20ClFN6O7. The Kier molecular flexibility index (Phi) is 5.96. The van der Waals surface area contributed by atoms with E-state index >= 15 is 4.39 Å². The zero-order chi connectivity index (χ0) is 28.4. The number of imidazole rings is 1. The van der Waals surface area contributed by atoms with Crippen LogP contribution in [0.1, 0.15) is 11.8 Å². The molecular weight excluding hydrogens is 551 g/mol. The van der Waals surface area contributed by atoms with Gasteiger partial charge in [-0.3, -0.25) is 9.55 Å². The number of carbonyl (C=O) groups is 2. The summed E-state index contributed by atoms with van der Waals surface area (Å²) >= 11 is 5.86. The third kappa shape index (κ3) is 3.87. The van der Waals surface area contributed by atoms with Crippen molar-refractivity contribution < 1.29 is 38.8 Å². The van der Waals surface area contributed by atoms with Gasteiger partial charge in [0.05, 0.1) is 6.33 Å². The smallest absolute Gasteiger partial charge is 0.348 e. The lowest BCUT2D eigenvalue weighted by Gasteiger charge is -2.28. The third-order valence-corrected chi connectivity index (χ3v) is 7.34.